The molecule has 0 bridgehead atoms. The van der Waals surface area contributed by atoms with Crippen LogP contribution in [0.4, 0.5) is 13.2 Å². The summed E-state index contributed by atoms with van der Waals surface area (Å²) in [4.78, 5) is 12.8. The minimum atomic E-state index is -4.47. The highest BCUT2D eigenvalue weighted by Crippen LogP contribution is 2.35. The second kappa shape index (κ2) is 13.6. The van der Waals surface area contributed by atoms with Gasteiger partial charge in [0.2, 0.25) is 5.78 Å². The highest BCUT2D eigenvalue weighted by Gasteiger charge is 2.42. The minimum absolute atomic E-state index is 0.128. The fourth-order valence-electron chi connectivity index (χ4n) is 3.84. The molecule has 0 heterocycles. The topological polar surface area (TPSA) is 58.6 Å². The van der Waals surface area contributed by atoms with Crippen LogP contribution in [0.5, 0.6) is 0 Å². The molecule has 0 unspecified atom stereocenters. The van der Waals surface area contributed by atoms with Crippen LogP contribution in [0.25, 0.3) is 0 Å². The number of hydrogen-bond donors (Lipinski definition) is 2. The molecule has 1 rings (SSSR count). The van der Waals surface area contributed by atoms with Gasteiger partial charge in [-0.15, -0.1) is 0 Å². The van der Waals surface area contributed by atoms with Gasteiger partial charge in [0.1, 0.15) is 12.6 Å². The number of halogens is 3. The number of ketones is 1. The van der Waals surface area contributed by atoms with Crippen molar-refractivity contribution in [3.63, 3.8) is 0 Å². The molecule has 3 atom stereocenters. The maximum Gasteiger partial charge on any atom is 0.405 e. The molecule has 0 spiro atoms. The Labute approximate surface area is 196 Å². The van der Waals surface area contributed by atoms with Crippen LogP contribution >= 0.6 is 0 Å². The van der Waals surface area contributed by atoms with Gasteiger partial charge in [0.15, 0.2) is 5.76 Å². The minimum Gasteiger partial charge on any atom is -0.488 e. The maximum absolute atomic E-state index is 12.8. The van der Waals surface area contributed by atoms with Crippen LogP contribution in [-0.4, -0.2) is 36.3 Å². The average Bonchev–Trinajstić information content (AvgIpc) is 2.70. The predicted molar refractivity (Wildman–Crippen MR) is 126 cm³/mol. The Hall–Kier alpha value is -2.02. The zero-order valence-corrected chi connectivity index (χ0v) is 20.8. The summed E-state index contributed by atoms with van der Waals surface area (Å²) in [6.07, 6.45) is 4.95. The highest BCUT2D eigenvalue weighted by molar-refractivity contribution is 5.97. The summed E-state index contributed by atoms with van der Waals surface area (Å²) in [6, 6.07) is 0. The van der Waals surface area contributed by atoms with Gasteiger partial charge in [-0.3, -0.25) is 4.79 Å². The van der Waals surface area contributed by atoms with E-state index in [0.717, 1.165) is 31.3 Å². The number of alkyl halides is 3. The van der Waals surface area contributed by atoms with Gasteiger partial charge in [0.05, 0.1) is 12.3 Å². The number of carbonyl (C=O) groups excluding carboxylic acids is 1. The lowest BCUT2D eigenvalue weighted by Crippen LogP contribution is -2.45. The summed E-state index contributed by atoms with van der Waals surface area (Å²) in [6.45, 7) is 10.4. The smallest absolute Gasteiger partial charge is 0.405 e. The van der Waals surface area contributed by atoms with E-state index in [2.05, 4.69) is 38.2 Å². The van der Waals surface area contributed by atoms with Crippen LogP contribution < -0.4 is 5.32 Å². The van der Waals surface area contributed by atoms with E-state index >= 15 is 0 Å². The third kappa shape index (κ3) is 10.2. The molecular weight excluding hydrogens is 431 g/mol. The Morgan fingerprint density at radius 2 is 1.64 bits per heavy atom. The van der Waals surface area contributed by atoms with Crippen molar-refractivity contribution in [3.05, 3.63) is 46.4 Å². The van der Waals surface area contributed by atoms with E-state index in [1.54, 1.807) is 13.8 Å². The molecule has 1 aliphatic carbocycles. The van der Waals surface area contributed by atoms with E-state index in [-0.39, 0.29) is 23.8 Å². The Balaban J connectivity index is 2.82. The fraction of sp³-hybridized carbons (Fsp3) is 0.654. The second-order valence-electron chi connectivity index (χ2n) is 9.10. The third-order valence-corrected chi connectivity index (χ3v) is 5.85. The van der Waals surface area contributed by atoms with Gasteiger partial charge in [-0.25, -0.2) is 0 Å². The van der Waals surface area contributed by atoms with Crippen LogP contribution in [0.3, 0.4) is 0 Å². The first-order valence-electron chi connectivity index (χ1n) is 11.7. The van der Waals surface area contributed by atoms with Crippen molar-refractivity contribution in [1.29, 1.82) is 0 Å². The Kier molecular flexibility index (Phi) is 12.0. The lowest BCUT2D eigenvalue weighted by atomic mass is 9.76. The number of hydrogen-bond acceptors (Lipinski definition) is 4. The predicted octanol–water partition coefficient (Wildman–Crippen LogP) is 6.39. The molecule has 0 aromatic heterocycles. The standard InChI is InChI=1S/C26H40F3NO3/c1-7-33-25-22(30-16-26(27,28)29)24(32)21(20(6)23(25)31)15-14-19(5)13-9-12-18(4)11-8-10-17(2)3/h10,12,14,20-21,24,30,32H,7-9,11,13,15-16H2,1-6H3/b18-12+,19-14+/t20-,21-,24-/m0/s1. The van der Waals surface area contributed by atoms with Gasteiger partial charge in [-0.2, -0.15) is 13.2 Å². The van der Waals surface area contributed by atoms with Crippen molar-refractivity contribution in [2.24, 2.45) is 11.8 Å². The van der Waals surface area contributed by atoms with Crippen LogP contribution in [-0.2, 0) is 9.53 Å². The molecule has 0 saturated heterocycles. The zero-order valence-electron chi connectivity index (χ0n) is 20.8. The molecule has 188 valence electrons. The van der Waals surface area contributed by atoms with Crippen molar-refractivity contribution in [2.75, 3.05) is 13.2 Å². The number of aliphatic hydroxyl groups excluding tert-OH is 1. The number of aliphatic hydroxyl groups is 1. The number of carbonyl (C=O) groups is 1. The molecule has 0 radical (unpaired) electrons. The third-order valence-electron chi connectivity index (χ3n) is 5.85. The highest BCUT2D eigenvalue weighted by atomic mass is 19.4. The quantitative estimate of drug-likeness (QED) is 0.324. The van der Waals surface area contributed by atoms with Gasteiger partial charge in [-0.1, -0.05) is 41.9 Å². The number of allylic oxidation sites excluding steroid dienone is 7. The molecule has 4 nitrogen and oxygen atoms in total. The molecule has 2 N–H and O–H groups in total. The summed E-state index contributed by atoms with van der Waals surface area (Å²) in [5.74, 6) is -1.64. The molecular formula is C26H40F3NO3. The van der Waals surface area contributed by atoms with E-state index in [1.165, 1.54) is 11.1 Å². The first-order chi connectivity index (χ1) is 15.4. The van der Waals surface area contributed by atoms with E-state index in [9.17, 15) is 23.1 Å². The molecule has 0 aromatic carbocycles. The lowest BCUT2D eigenvalue weighted by Gasteiger charge is -2.35. The molecule has 0 saturated carbocycles. The SMILES string of the molecule is CCOC1=C(NCC(F)(F)F)[C@@H](O)[C@@H](C/C=C(\C)CC/C=C(\C)CCC=C(C)C)[C@H](C)C1=O. The van der Waals surface area contributed by atoms with Crippen molar-refractivity contribution in [1.82, 2.24) is 5.32 Å². The summed E-state index contributed by atoms with van der Waals surface area (Å²) in [5, 5.41) is 13.0. The number of ether oxygens (including phenoxy) is 1. The summed E-state index contributed by atoms with van der Waals surface area (Å²) in [5.41, 5.74) is 3.62. The number of Topliss-reactive ketones (excluding diaryl/α,β-unsaturated/α-hetero) is 1. The fourth-order valence-corrected chi connectivity index (χ4v) is 3.84. The van der Waals surface area contributed by atoms with Crippen molar-refractivity contribution < 1.29 is 27.8 Å². The molecule has 0 fully saturated rings. The zero-order chi connectivity index (χ0) is 25.2. The maximum atomic E-state index is 12.8. The van der Waals surface area contributed by atoms with Crippen molar-refractivity contribution in [2.45, 2.75) is 85.9 Å². The van der Waals surface area contributed by atoms with Gasteiger partial charge >= 0.3 is 6.18 Å². The van der Waals surface area contributed by atoms with Crippen LogP contribution in [0, 0.1) is 11.8 Å². The van der Waals surface area contributed by atoms with Gasteiger partial charge in [0, 0.05) is 11.8 Å². The van der Waals surface area contributed by atoms with Crippen LogP contribution in [0.15, 0.2) is 46.4 Å². The van der Waals surface area contributed by atoms with Crippen LogP contribution in [0.1, 0.15) is 73.6 Å². The number of nitrogens with one attached hydrogen (secondary N) is 1. The van der Waals surface area contributed by atoms with E-state index in [1.807, 2.05) is 13.0 Å². The van der Waals surface area contributed by atoms with Gasteiger partial charge < -0.3 is 15.2 Å². The largest absolute Gasteiger partial charge is 0.488 e. The Bertz CT molecular complexity index is 774. The first-order valence-corrected chi connectivity index (χ1v) is 11.7. The van der Waals surface area contributed by atoms with E-state index in [4.69, 9.17) is 4.74 Å². The van der Waals surface area contributed by atoms with E-state index in [0.29, 0.717) is 6.42 Å². The molecule has 0 aromatic rings. The Morgan fingerprint density at radius 1 is 1.06 bits per heavy atom. The molecule has 33 heavy (non-hydrogen) atoms. The van der Waals surface area contributed by atoms with E-state index < -0.39 is 30.7 Å². The monoisotopic (exact) mass is 471 g/mol. The molecule has 0 amide bonds. The van der Waals surface area contributed by atoms with Gasteiger partial charge in [-0.05, 0) is 66.7 Å². The summed E-state index contributed by atoms with van der Waals surface area (Å²) < 4.78 is 43.6. The van der Waals surface area contributed by atoms with Crippen molar-refractivity contribution in [3.8, 4) is 0 Å². The van der Waals surface area contributed by atoms with Crippen molar-refractivity contribution >= 4 is 5.78 Å². The molecule has 7 heteroatoms. The summed E-state index contributed by atoms with van der Waals surface area (Å²) in [7, 11) is 0. The lowest BCUT2D eigenvalue weighted by molar-refractivity contribution is -0.130. The average molecular weight is 472 g/mol. The molecule has 0 aliphatic heterocycles. The molecule has 1 aliphatic rings. The number of rotatable bonds is 12. The summed E-state index contributed by atoms with van der Waals surface area (Å²) >= 11 is 0. The second-order valence-corrected chi connectivity index (χ2v) is 9.10. The Morgan fingerprint density at radius 3 is 2.18 bits per heavy atom. The van der Waals surface area contributed by atoms with Gasteiger partial charge in [0.25, 0.3) is 0 Å². The first kappa shape index (κ1) is 29.0. The van der Waals surface area contributed by atoms with Crippen LogP contribution in [0.2, 0.25) is 0 Å². The normalized spacial score (nSPS) is 22.5.